The van der Waals surface area contributed by atoms with Gasteiger partial charge in [0, 0.05) is 22.4 Å². The molecule has 3 aromatic rings. The fraction of sp³-hybridized carbons (Fsp3) is 0.176. The summed E-state index contributed by atoms with van der Waals surface area (Å²) in [4.78, 5) is 15.7. The van der Waals surface area contributed by atoms with Gasteiger partial charge >= 0.3 is 0 Å². The molecular weight excluding hydrogens is 312 g/mol. The number of carbonyl (C=O) groups excluding carboxylic acids is 1. The molecule has 0 saturated carbocycles. The van der Waals surface area contributed by atoms with E-state index < -0.39 is 5.91 Å². The Morgan fingerprint density at radius 1 is 1.17 bits per heavy atom. The first kappa shape index (κ1) is 15.4. The normalized spacial score (nSPS) is 11.3. The molecule has 0 unspecified atom stereocenters. The third kappa shape index (κ3) is 2.53. The Balaban J connectivity index is 2.37. The molecule has 0 bridgehead atoms. The molecule has 1 amide bonds. The van der Waals surface area contributed by atoms with Gasteiger partial charge in [-0.25, -0.2) is 0 Å². The van der Waals surface area contributed by atoms with Gasteiger partial charge in [-0.3, -0.25) is 4.79 Å². The first-order chi connectivity index (χ1) is 10.9. The van der Waals surface area contributed by atoms with Crippen LogP contribution in [-0.2, 0) is 0 Å². The predicted octanol–water partition coefficient (Wildman–Crippen LogP) is 3.44. The van der Waals surface area contributed by atoms with Crippen LogP contribution in [0.5, 0.6) is 0 Å². The number of halogens is 1. The van der Waals surface area contributed by atoms with Gasteiger partial charge in [-0.15, -0.1) is 0 Å². The average Bonchev–Trinajstić information content (AvgIpc) is 2.81. The fourth-order valence-electron chi connectivity index (χ4n) is 2.92. The number of fused-ring (bicyclic) bond motifs is 3. The van der Waals surface area contributed by atoms with E-state index in [-0.39, 0.29) is 12.0 Å². The van der Waals surface area contributed by atoms with Crippen molar-refractivity contribution in [1.29, 1.82) is 0 Å². The Labute approximate surface area is 138 Å². The van der Waals surface area contributed by atoms with E-state index in [1.54, 1.807) is 12.1 Å². The maximum atomic E-state index is 12.1. The predicted molar refractivity (Wildman–Crippen MR) is 95.0 cm³/mol. The van der Waals surface area contributed by atoms with Gasteiger partial charge in [0.05, 0.1) is 16.1 Å². The van der Waals surface area contributed by atoms with Crippen LogP contribution in [0.2, 0.25) is 5.02 Å². The zero-order valence-corrected chi connectivity index (χ0v) is 13.6. The van der Waals surface area contributed by atoms with Crippen molar-refractivity contribution in [1.82, 2.24) is 4.57 Å². The Bertz CT molecular complexity index is 952. The smallest absolute Gasteiger partial charge is 0.280 e. The van der Waals surface area contributed by atoms with Gasteiger partial charge in [-0.1, -0.05) is 23.7 Å². The van der Waals surface area contributed by atoms with Gasteiger partial charge in [0.25, 0.3) is 5.91 Å². The highest BCUT2D eigenvalue weighted by Gasteiger charge is 2.16. The van der Waals surface area contributed by atoms with E-state index in [0.29, 0.717) is 10.6 Å². The van der Waals surface area contributed by atoms with Gasteiger partial charge in [-0.05, 0) is 38.1 Å². The molecule has 0 spiro atoms. The number of hydrogen-bond donors (Lipinski definition) is 2. The summed E-state index contributed by atoms with van der Waals surface area (Å²) in [5.41, 5.74) is 13.0. The molecule has 1 heterocycles. The number of amides is 1. The van der Waals surface area contributed by atoms with Gasteiger partial charge in [-0.2, -0.15) is 4.99 Å². The van der Waals surface area contributed by atoms with Gasteiger partial charge < -0.3 is 16.0 Å². The highest BCUT2D eigenvalue weighted by Crippen LogP contribution is 2.36. The minimum atomic E-state index is -0.460. The van der Waals surface area contributed by atoms with Crippen LogP contribution in [0.25, 0.3) is 21.8 Å². The van der Waals surface area contributed by atoms with E-state index in [1.165, 1.54) is 0 Å². The number of rotatable bonds is 2. The van der Waals surface area contributed by atoms with E-state index in [9.17, 15) is 4.79 Å². The molecule has 6 heteroatoms. The molecule has 118 valence electrons. The van der Waals surface area contributed by atoms with Crippen LogP contribution >= 0.6 is 11.6 Å². The zero-order chi connectivity index (χ0) is 16.7. The molecule has 0 fully saturated rings. The highest BCUT2D eigenvalue weighted by atomic mass is 35.5. The molecule has 23 heavy (non-hydrogen) atoms. The Morgan fingerprint density at radius 3 is 2.57 bits per heavy atom. The van der Waals surface area contributed by atoms with Gasteiger partial charge in [0.2, 0.25) is 0 Å². The van der Waals surface area contributed by atoms with E-state index in [0.717, 1.165) is 21.8 Å². The van der Waals surface area contributed by atoms with E-state index >= 15 is 0 Å². The Morgan fingerprint density at radius 2 is 1.91 bits per heavy atom. The van der Waals surface area contributed by atoms with Crippen molar-refractivity contribution < 1.29 is 4.79 Å². The minimum absolute atomic E-state index is 0.210. The third-order valence-electron chi connectivity index (χ3n) is 3.77. The number of nitrogens with zero attached hydrogens (tertiary/aromatic N) is 2. The van der Waals surface area contributed by atoms with E-state index in [2.05, 4.69) is 23.4 Å². The van der Waals surface area contributed by atoms with Crippen LogP contribution in [0.3, 0.4) is 0 Å². The number of aromatic nitrogens is 1. The molecule has 0 radical (unpaired) electrons. The lowest BCUT2D eigenvalue weighted by Crippen LogP contribution is -2.24. The van der Waals surface area contributed by atoms with Crippen LogP contribution < -0.4 is 11.5 Å². The molecule has 3 rings (SSSR count). The van der Waals surface area contributed by atoms with E-state index in [4.69, 9.17) is 23.1 Å². The summed E-state index contributed by atoms with van der Waals surface area (Å²) in [6, 6.07) is 11.4. The molecule has 0 atom stereocenters. The van der Waals surface area contributed by atoms with Crippen molar-refractivity contribution >= 4 is 45.3 Å². The van der Waals surface area contributed by atoms with E-state index in [1.807, 2.05) is 24.3 Å². The van der Waals surface area contributed by atoms with Crippen molar-refractivity contribution in [3.05, 3.63) is 47.0 Å². The number of nitrogens with two attached hydrogens (primary N) is 2. The van der Waals surface area contributed by atoms with Crippen LogP contribution in [0.1, 0.15) is 30.2 Å². The first-order valence-electron chi connectivity index (χ1n) is 7.26. The largest absolute Gasteiger partial charge is 0.370 e. The van der Waals surface area contributed by atoms with Gasteiger partial charge in [0.1, 0.15) is 0 Å². The second-order valence-electron chi connectivity index (χ2n) is 5.67. The maximum Gasteiger partial charge on any atom is 0.280 e. The molecular formula is C17H17ClN4O. The number of hydrogen-bond acceptors (Lipinski definition) is 1. The molecule has 0 aliphatic heterocycles. The second kappa shape index (κ2) is 5.59. The quantitative estimate of drug-likeness (QED) is 0.558. The summed E-state index contributed by atoms with van der Waals surface area (Å²) in [7, 11) is 0. The lowest BCUT2D eigenvalue weighted by atomic mass is 10.1. The number of benzene rings is 2. The first-order valence-corrected chi connectivity index (χ1v) is 7.64. The molecule has 0 saturated heterocycles. The van der Waals surface area contributed by atoms with Crippen LogP contribution in [0.15, 0.2) is 41.4 Å². The summed E-state index contributed by atoms with van der Waals surface area (Å²) in [5, 5.41) is 2.68. The van der Waals surface area contributed by atoms with Crippen molar-refractivity contribution in [3.63, 3.8) is 0 Å². The zero-order valence-electron chi connectivity index (χ0n) is 12.9. The summed E-state index contributed by atoms with van der Waals surface area (Å²) in [6.07, 6.45) is 0. The molecule has 5 nitrogen and oxygen atoms in total. The molecule has 4 N–H and O–H groups in total. The fourth-order valence-corrected chi connectivity index (χ4v) is 3.19. The van der Waals surface area contributed by atoms with Crippen molar-refractivity contribution in [2.75, 3.05) is 0 Å². The number of aliphatic imine (C=N–C) groups is 1. The van der Waals surface area contributed by atoms with Gasteiger partial charge in [0.15, 0.2) is 5.96 Å². The van der Waals surface area contributed by atoms with Crippen LogP contribution in [-0.4, -0.2) is 16.4 Å². The summed E-state index contributed by atoms with van der Waals surface area (Å²) < 4.78 is 2.16. The maximum absolute atomic E-state index is 12.1. The molecule has 2 aromatic carbocycles. The summed E-state index contributed by atoms with van der Waals surface area (Å²) in [6.45, 7) is 4.18. The monoisotopic (exact) mass is 328 g/mol. The minimum Gasteiger partial charge on any atom is -0.370 e. The Kier molecular flexibility index (Phi) is 3.74. The molecule has 1 aromatic heterocycles. The molecule has 0 aliphatic carbocycles. The topological polar surface area (TPSA) is 86.4 Å². The van der Waals surface area contributed by atoms with Crippen LogP contribution in [0.4, 0.5) is 0 Å². The summed E-state index contributed by atoms with van der Waals surface area (Å²) >= 11 is 6.39. The molecule has 0 aliphatic rings. The summed E-state index contributed by atoms with van der Waals surface area (Å²) in [5.74, 6) is -0.707. The highest BCUT2D eigenvalue weighted by molar-refractivity contribution is 6.38. The lowest BCUT2D eigenvalue weighted by molar-refractivity contribution is 0.100. The number of carbonyl (C=O) groups is 1. The SMILES string of the molecule is CC(C)n1c2cc(C(=O)N=C(N)N)ccc2c2c(Cl)cccc21. The van der Waals surface area contributed by atoms with Crippen LogP contribution in [0, 0.1) is 0 Å². The lowest BCUT2D eigenvalue weighted by Gasteiger charge is -2.11. The average molecular weight is 329 g/mol. The number of guanidine groups is 1. The second-order valence-corrected chi connectivity index (χ2v) is 6.08. The van der Waals surface area contributed by atoms with Crippen molar-refractivity contribution in [2.24, 2.45) is 16.5 Å². The Hall–Kier alpha value is -2.53. The standard InChI is InChI=1S/C17H17ClN4O/c1-9(2)22-13-5-3-4-12(18)15(13)11-7-6-10(8-14(11)22)16(23)21-17(19)20/h3-9H,1-2H3,(H4,19,20,21,23). The third-order valence-corrected chi connectivity index (χ3v) is 4.09. The van der Waals surface area contributed by atoms with Crippen molar-refractivity contribution in [2.45, 2.75) is 19.9 Å². The van der Waals surface area contributed by atoms with Crippen molar-refractivity contribution in [3.8, 4) is 0 Å².